The van der Waals surface area contributed by atoms with Crippen molar-refractivity contribution in [2.24, 2.45) is 10.9 Å². The molecule has 0 atom stereocenters. The molecule has 1 aliphatic heterocycles. The Hall–Kier alpha value is -2.57. The van der Waals surface area contributed by atoms with Gasteiger partial charge in [0.15, 0.2) is 5.96 Å². The molecule has 0 unspecified atom stereocenters. The van der Waals surface area contributed by atoms with Crippen molar-refractivity contribution in [3.8, 4) is 0 Å². The number of nitrogens with one attached hydrogen (secondary N) is 3. The highest BCUT2D eigenvalue weighted by molar-refractivity contribution is 5.93. The molecule has 1 aromatic carbocycles. The standard InChI is InChI=1S/C20H31N5O2/c1-4-23-20(25-11-9-15(10-12-25)13-18(26)21-2)24-14-16-5-7-17(8-6-16)19(27)22-3/h5-8,15H,4,9-14H2,1-3H3,(H,21,26)(H,22,27)(H,23,24). The molecule has 2 amide bonds. The summed E-state index contributed by atoms with van der Waals surface area (Å²) in [5.74, 6) is 1.39. The van der Waals surface area contributed by atoms with Crippen LogP contribution in [0.25, 0.3) is 0 Å². The molecule has 0 bridgehead atoms. The number of rotatable bonds is 6. The van der Waals surface area contributed by atoms with Gasteiger partial charge in [-0.15, -0.1) is 0 Å². The first-order valence-electron chi connectivity index (χ1n) is 9.62. The van der Waals surface area contributed by atoms with E-state index in [2.05, 4.69) is 27.8 Å². The lowest BCUT2D eigenvalue weighted by Gasteiger charge is -2.34. The summed E-state index contributed by atoms with van der Waals surface area (Å²) < 4.78 is 0. The third-order valence-corrected chi connectivity index (χ3v) is 4.86. The molecule has 0 aromatic heterocycles. The van der Waals surface area contributed by atoms with E-state index in [9.17, 15) is 9.59 Å². The SMILES string of the molecule is CCNC(=NCc1ccc(C(=O)NC)cc1)N1CCC(CC(=O)NC)CC1. The fraction of sp³-hybridized carbons (Fsp3) is 0.550. The average Bonchev–Trinajstić information content (AvgIpc) is 2.71. The highest BCUT2D eigenvalue weighted by atomic mass is 16.2. The largest absolute Gasteiger partial charge is 0.359 e. The summed E-state index contributed by atoms with van der Waals surface area (Å²) in [6.45, 7) is 5.25. The molecule has 148 valence electrons. The fourth-order valence-electron chi connectivity index (χ4n) is 3.21. The van der Waals surface area contributed by atoms with Crippen molar-refractivity contribution in [2.75, 3.05) is 33.7 Å². The summed E-state index contributed by atoms with van der Waals surface area (Å²) >= 11 is 0. The average molecular weight is 374 g/mol. The second-order valence-corrected chi connectivity index (χ2v) is 6.75. The Labute approximate surface area is 161 Å². The first-order valence-corrected chi connectivity index (χ1v) is 9.62. The van der Waals surface area contributed by atoms with Gasteiger partial charge in [0.05, 0.1) is 6.54 Å². The summed E-state index contributed by atoms with van der Waals surface area (Å²) in [6.07, 6.45) is 2.60. The zero-order valence-corrected chi connectivity index (χ0v) is 16.5. The van der Waals surface area contributed by atoms with Gasteiger partial charge in [-0.25, -0.2) is 4.99 Å². The van der Waals surface area contributed by atoms with E-state index in [1.54, 1.807) is 14.1 Å². The summed E-state index contributed by atoms with van der Waals surface area (Å²) in [4.78, 5) is 30.2. The number of carbonyl (C=O) groups is 2. The maximum absolute atomic E-state index is 11.6. The molecule has 1 fully saturated rings. The lowest BCUT2D eigenvalue weighted by molar-refractivity contribution is -0.121. The number of aliphatic imine (C=N–C) groups is 1. The monoisotopic (exact) mass is 373 g/mol. The molecule has 1 aromatic rings. The normalized spacial score (nSPS) is 15.4. The van der Waals surface area contributed by atoms with E-state index in [-0.39, 0.29) is 11.8 Å². The second kappa shape index (κ2) is 10.5. The van der Waals surface area contributed by atoms with Crippen LogP contribution in [0.4, 0.5) is 0 Å². The van der Waals surface area contributed by atoms with Gasteiger partial charge in [0.25, 0.3) is 5.91 Å². The number of nitrogens with zero attached hydrogens (tertiary/aromatic N) is 2. The van der Waals surface area contributed by atoms with Crippen molar-refractivity contribution < 1.29 is 9.59 Å². The lowest BCUT2D eigenvalue weighted by atomic mass is 9.93. The Bertz CT molecular complexity index is 649. The minimum absolute atomic E-state index is 0.0852. The zero-order valence-electron chi connectivity index (χ0n) is 16.5. The Morgan fingerprint density at radius 2 is 1.78 bits per heavy atom. The third kappa shape index (κ3) is 6.27. The number of hydrogen-bond acceptors (Lipinski definition) is 3. The highest BCUT2D eigenvalue weighted by Crippen LogP contribution is 2.20. The molecule has 7 heteroatoms. The molecule has 1 saturated heterocycles. The Morgan fingerprint density at radius 1 is 1.11 bits per heavy atom. The molecule has 0 spiro atoms. The predicted octanol–water partition coefficient (Wildman–Crippen LogP) is 1.36. The van der Waals surface area contributed by atoms with Crippen molar-refractivity contribution in [1.29, 1.82) is 0 Å². The van der Waals surface area contributed by atoms with E-state index < -0.39 is 0 Å². The van der Waals surface area contributed by atoms with Gasteiger partial charge in [-0.1, -0.05) is 12.1 Å². The molecule has 0 saturated carbocycles. The van der Waals surface area contributed by atoms with Gasteiger partial charge in [0.2, 0.25) is 5.91 Å². The van der Waals surface area contributed by atoms with Crippen molar-refractivity contribution in [1.82, 2.24) is 20.9 Å². The van der Waals surface area contributed by atoms with Crippen molar-refractivity contribution in [2.45, 2.75) is 32.7 Å². The summed E-state index contributed by atoms with van der Waals surface area (Å²) in [5, 5.41) is 8.69. The number of amides is 2. The summed E-state index contributed by atoms with van der Waals surface area (Å²) in [7, 11) is 3.32. The van der Waals surface area contributed by atoms with Crippen LogP contribution >= 0.6 is 0 Å². The smallest absolute Gasteiger partial charge is 0.251 e. The molecule has 2 rings (SSSR count). The van der Waals surface area contributed by atoms with Gasteiger partial charge in [-0.3, -0.25) is 9.59 Å². The van der Waals surface area contributed by atoms with Crippen molar-refractivity contribution in [3.63, 3.8) is 0 Å². The minimum Gasteiger partial charge on any atom is -0.359 e. The van der Waals surface area contributed by atoms with E-state index >= 15 is 0 Å². The maximum atomic E-state index is 11.6. The highest BCUT2D eigenvalue weighted by Gasteiger charge is 2.23. The summed E-state index contributed by atoms with van der Waals surface area (Å²) in [5.41, 5.74) is 1.71. The van der Waals surface area contributed by atoms with Gasteiger partial charge < -0.3 is 20.9 Å². The van der Waals surface area contributed by atoms with Crippen LogP contribution in [0.15, 0.2) is 29.3 Å². The molecule has 7 nitrogen and oxygen atoms in total. The Morgan fingerprint density at radius 3 is 2.33 bits per heavy atom. The second-order valence-electron chi connectivity index (χ2n) is 6.75. The van der Waals surface area contributed by atoms with Crippen molar-refractivity contribution >= 4 is 17.8 Å². The third-order valence-electron chi connectivity index (χ3n) is 4.86. The number of guanidine groups is 1. The van der Waals surface area contributed by atoms with Crippen molar-refractivity contribution in [3.05, 3.63) is 35.4 Å². The predicted molar refractivity (Wildman–Crippen MR) is 108 cm³/mol. The van der Waals surface area contributed by atoms with E-state index in [1.807, 2.05) is 24.3 Å². The quantitative estimate of drug-likeness (QED) is 0.519. The van der Waals surface area contributed by atoms with Gasteiger partial charge >= 0.3 is 0 Å². The molecule has 0 radical (unpaired) electrons. The topological polar surface area (TPSA) is 85.8 Å². The molecule has 1 heterocycles. The van der Waals surface area contributed by atoms with Crippen LogP contribution in [0, 0.1) is 5.92 Å². The fourth-order valence-corrected chi connectivity index (χ4v) is 3.21. The maximum Gasteiger partial charge on any atom is 0.251 e. The van der Waals surface area contributed by atoms with E-state index in [1.165, 1.54) is 0 Å². The van der Waals surface area contributed by atoms with Gasteiger partial charge in [0.1, 0.15) is 0 Å². The van der Waals surface area contributed by atoms with Crippen LogP contribution in [-0.4, -0.2) is 56.4 Å². The van der Waals surface area contributed by atoms with E-state index in [4.69, 9.17) is 4.99 Å². The summed E-state index contributed by atoms with van der Waals surface area (Å²) in [6, 6.07) is 7.52. The van der Waals surface area contributed by atoms with Crippen LogP contribution in [0.1, 0.15) is 42.1 Å². The molecule has 1 aliphatic rings. The molecular weight excluding hydrogens is 342 g/mol. The Balaban J connectivity index is 1.94. The molecule has 3 N–H and O–H groups in total. The van der Waals surface area contributed by atoms with Crippen LogP contribution in [0.2, 0.25) is 0 Å². The number of benzene rings is 1. The van der Waals surface area contributed by atoms with Crippen LogP contribution in [0.5, 0.6) is 0 Å². The Kier molecular flexibility index (Phi) is 8.10. The molecule has 0 aliphatic carbocycles. The first kappa shape index (κ1) is 20.7. The minimum atomic E-state index is -0.0852. The zero-order chi connectivity index (χ0) is 19.6. The van der Waals surface area contributed by atoms with E-state index in [0.717, 1.165) is 44.0 Å². The van der Waals surface area contributed by atoms with Crippen LogP contribution < -0.4 is 16.0 Å². The first-order chi connectivity index (χ1) is 13.1. The van der Waals surface area contributed by atoms with Gasteiger partial charge in [0, 0.05) is 45.7 Å². The molecule has 27 heavy (non-hydrogen) atoms. The van der Waals surface area contributed by atoms with E-state index in [0.29, 0.717) is 24.4 Å². The molecular formula is C20H31N5O2. The van der Waals surface area contributed by atoms with Gasteiger partial charge in [-0.2, -0.15) is 0 Å². The van der Waals surface area contributed by atoms with Gasteiger partial charge in [-0.05, 0) is 43.4 Å². The lowest BCUT2D eigenvalue weighted by Crippen LogP contribution is -2.46. The number of hydrogen-bond donors (Lipinski definition) is 3. The number of carbonyl (C=O) groups excluding carboxylic acids is 2. The number of likely N-dealkylation sites (tertiary alicyclic amines) is 1. The number of piperidine rings is 1. The van der Waals surface area contributed by atoms with Crippen LogP contribution in [-0.2, 0) is 11.3 Å². The van der Waals surface area contributed by atoms with Crippen LogP contribution in [0.3, 0.4) is 0 Å².